The fourth-order valence-corrected chi connectivity index (χ4v) is 2.76. The molecular formula is C16H25F3IN5. The highest BCUT2D eigenvalue weighted by Crippen LogP contribution is 2.33. The van der Waals surface area contributed by atoms with Crippen molar-refractivity contribution in [3.63, 3.8) is 0 Å². The molecule has 2 heterocycles. The molecular weight excluding hydrogens is 446 g/mol. The van der Waals surface area contributed by atoms with Crippen molar-refractivity contribution < 1.29 is 13.2 Å². The lowest BCUT2D eigenvalue weighted by molar-refractivity contribution is -0.137. The molecule has 0 aliphatic carbocycles. The van der Waals surface area contributed by atoms with Crippen LogP contribution in [-0.4, -0.2) is 49.1 Å². The summed E-state index contributed by atoms with van der Waals surface area (Å²) in [6.45, 7) is 7.04. The van der Waals surface area contributed by atoms with Crippen molar-refractivity contribution in [2.45, 2.75) is 26.4 Å². The van der Waals surface area contributed by atoms with Gasteiger partial charge >= 0.3 is 6.18 Å². The smallest absolute Gasteiger partial charge is 0.368 e. The monoisotopic (exact) mass is 471 g/mol. The van der Waals surface area contributed by atoms with Crippen LogP contribution in [0.3, 0.4) is 0 Å². The normalized spacial score (nSPS) is 17.2. The van der Waals surface area contributed by atoms with Gasteiger partial charge in [-0.2, -0.15) is 13.2 Å². The number of aliphatic imine (C=N–C) groups is 1. The number of alkyl halides is 3. The second-order valence-corrected chi connectivity index (χ2v) is 6.63. The Morgan fingerprint density at radius 1 is 1.36 bits per heavy atom. The number of nitrogens with zero attached hydrogens (tertiary/aromatic N) is 3. The van der Waals surface area contributed by atoms with Gasteiger partial charge in [-0.15, -0.1) is 24.0 Å². The molecule has 1 saturated heterocycles. The van der Waals surface area contributed by atoms with Gasteiger partial charge in [0.25, 0.3) is 0 Å². The van der Waals surface area contributed by atoms with Crippen LogP contribution < -0.4 is 10.6 Å². The van der Waals surface area contributed by atoms with E-state index in [2.05, 4.69) is 39.4 Å². The highest BCUT2D eigenvalue weighted by molar-refractivity contribution is 14.0. The molecule has 1 fully saturated rings. The van der Waals surface area contributed by atoms with Crippen molar-refractivity contribution in [2.24, 2.45) is 10.4 Å². The molecule has 9 heteroatoms. The van der Waals surface area contributed by atoms with Crippen LogP contribution in [0.4, 0.5) is 19.0 Å². The Kier molecular flexibility index (Phi) is 7.76. The maximum Gasteiger partial charge on any atom is 0.419 e. The summed E-state index contributed by atoms with van der Waals surface area (Å²) in [4.78, 5) is 10.2. The third-order valence-corrected chi connectivity index (χ3v) is 4.00. The molecule has 0 unspecified atom stereocenters. The zero-order chi connectivity index (χ0) is 17.8. The Balaban J connectivity index is 0.00000312. The van der Waals surface area contributed by atoms with Crippen molar-refractivity contribution in [1.29, 1.82) is 0 Å². The molecule has 142 valence electrons. The average Bonchev–Trinajstić information content (AvgIpc) is 2.87. The SMILES string of the molecule is CN=C(NCCNc1ncccc1C(F)(F)F)N1CCC(C)(C)C1.I. The number of nitrogens with one attached hydrogen (secondary N) is 2. The van der Waals surface area contributed by atoms with Crippen molar-refractivity contribution in [1.82, 2.24) is 15.2 Å². The lowest BCUT2D eigenvalue weighted by Gasteiger charge is -2.23. The minimum Gasteiger partial charge on any atom is -0.368 e. The molecule has 25 heavy (non-hydrogen) atoms. The van der Waals surface area contributed by atoms with Crippen LogP contribution in [0.15, 0.2) is 23.3 Å². The molecule has 2 rings (SSSR count). The summed E-state index contributed by atoms with van der Waals surface area (Å²) >= 11 is 0. The average molecular weight is 471 g/mol. The first-order chi connectivity index (χ1) is 11.2. The Morgan fingerprint density at radius 2 is 2.08 bits per heavy atom. The molecule has 0 spiro atoms. The van der Waals surface area contributed by atoms with Gasteiger partial charge in [0.05, 0.1) is 5.56 Å². The molecule has 0 bridgehead atoms. The summed E-state index contributed by atoms with van der Waals surface area (Å²) in [5.74, 6) is 0.628. The fourth-order valence-electron chi connectivity index (χ4n) is 2.76. The molecule has 1 aromatic rings. The fraction of sp³-hybridized carbons (Fsp3) is 0.625. The van der Waals surface area contributed by atoms with Gasteiger partial charge in [-0.1, -0.05) is 13.8 Å². The molecule has 1 aliphatic heterocycles. The van der Waals surface area contributed by atoms with E-state index in [1.54, 1.807) is 7.05 Å². The van der Waals surface area contributed by atoms with Crippen LogP contribution in [0, 0.1) is 5.41 Å². The van der Waals surface area contributed by atoms with Crippen LogP contribution in [0.2, 0.25) is 0 Å². The lowest BCUT2D eigenvalue weighted by Crippen LogP contribution is -2.42. The van der Waals surface area contributed by atoms with Gasteiger partial charge in [0.1, 0.15) is 5.82 Å². The summed E-state index contributed by atoms with van der Waals surface area (Å²) in [5, 5.41) is 5.92. The number of hydrogen-bond acceptors (Lipinski definition) is 3. The quantitative estimate of drug-likeness (QED) is 0.306. The number of pyridine rings is 1. The van der Waals surface area contributed by atoms with E-state index >= 15 is 0 Å². The van der Waals surface area contributed by atoms with E-state index in [1.807, 2.05) is 0 Å². The number of hydrogen-bond donors (Lipinski definition) is 2. The summed E-state index contributed by atoms with van der Waals surface area (Å²) < 4.78 is 38.7. The van der Waals surface area contributed by atoms with Gasteiger partial charge in [-0.25, -0.2) is 4.98 Å². The van der Waals surface area contributed by atoms with Crippen LogP contribution in [0.25, 0.3) is 0 Å². The van der Waals surface area contributed by atoms with E-state index in [-0.39, 0.29) is 35.2 Å². The number of guanidine groups is 1. The van der Waals surface area contributed by atoms with Crippen LogP contribution in [-0.2, 0) is 6.18 Å². The second-order valence-electron chi connectivity index (χ2n) is 6.63. The number of aromatic nitrogens is 1. The molecule has 0 radical (unpaired) electrons. The molecule has 5 nitrogen and oxygen atoms in total. The third kappa shape index (κ3) is 6.19. The van der Waals surface area contributed by atoms with Crippen LogP contribution >= 0.6 is 24.0 Å². The minimum atomic E-state index is -4.42. The number of anilines is 1. The summed E-state index contributed by atoms with van der Waals surface area (Å²) in [5.41, 5.74) is -0.499. The zero-order valence-electron chi connectivity index (χ0n) is 14.7. The maximum absolute atomic E-state index is 12.9. The van der Waals surface area contributed by atoms with E-state index in [4.69, 9.17) is 0 Å². The number of rotatable bonds is 4. The van der Waals surface area contributed by atoms with Gasteiger partial charge in [-0.05, 0) is 24.0 Å². The Morgan fingerprint density at radius 3 is 2.64 bits per heavy atom. The van der Waals surface area contributed by atoms with Gasteiger partial charge < -0.3 is 15.5 Å². The molecule has 0 atom stereocenters. The van der Waals surface area contributed by atoms with Crippen molar-refractivity contribution in [2.75, 3.05) is 38.5 Å². The predicted octanol–water partition coefficient (Wildman–Crippen LogP) is 3.44. The van der Waals surface area contributed by atoms with Crippen molar-refractivity contribution >= 4 is 35.8 Å². The first-order valence-electron chi connectivity index (χ1n) is 7.95. The van der Waals surface area contributed by atoms with Crippen LogP contribution in [0.1, 0.15) is 25.8 Å². The molecule has 0 saturated carbocycles. The summed E-state index contributed by atoms with van der Waals surface area (Å²) in [7, 11) is 1.71. The summed E-state index contributed by atoms with van der Waals surface area (Å²) in [6.07, 6.45) is -1.98. The third-order valence-electron chi connectivity index (χ3n) is 4.00. The molecule has 2 N–H and O–H groups in total. The largest absolute Gasteiger partial charge is 0.419 e. The van der Waals surface area contributed by atoms with Gasteiger partial charge in [-0.3, -0.25) is 4.99 Å². The molecule has 0 aromatic carbocycles. The Hall–Kier alpha value is -1.26. The van der Waals surface area contributed by atoms with Crippen molar-refractivity contribution in [3.8, 4) is 0 Å². The second kappa shape index (κ2) is 8.91. The van der Waals surface area contributed by atoms with Gasteiger partial charge in [0.2, 0.25) is 0 Å². The van der Waals surface area contributed by atoms with E-state index in [1.165, 1.54) is 12.3 Å². The lowest BCUT2D eigenvalue weighted by atomic mass is 9.93. The predicted molar refractivity (Wildman–Crippen MR) is 104 cm³/mol. The number of halogens is 4. The minimum absolute atomic E-state index is 0. The first-order valence-corrected chi connectivity index (χ1v) is 7.95. The Bertz CT molecular complexity index is 589. The molecule has 0 amide bonds. The topological polar surface area (TPSA) is 52.6 Å². The highest BCUT2D eigenvalue weighted by Gasteiger charge is 2.34. The van der Waals surface area contributed by atoms with Gasteiger partial charge in [0.15, 0.2) is 5.96 Å². The maximum atomic E-state index is 12.9. The van der Waals surface area contributed by atoms with E-state index in [0.29, 0.717) is 13.1 Å². The Labute approximate surface area is 163 Å². The zero-order valence-corrected chi connectivity index (χ0v) is 17.0. The van der Waals surface area contributed by atoms with E-state index in [0.717, 1.165) is 31.5 Å². The number of likely N-dealkylation sites (tertiary alicyclic amines) is 1. The van der Waals surface area contributed by atoms with Gasteiger partial charge in [0, 0.05) is 39.4 Å². The van der Waals surface area contributed by atoms with E-state index in [9.17, 15) is 13.2 Å². The van der Waals surface area contributed by atoms with E-state index < -0.39 is 11.7 Å². The highest BCUT2D eigenvalue weighted by atomic mass is 127. The van der Waals surface area contributed by atoms with Crippen molar-refractivity contribution in [3.05, 3.63) is 23.9 Å². The summed E-state index contributed by atoms with van der Waals surface area (Å²) in [6, 6.07) is 2.30. The first kappa shape index (κ1) is 21.8. The molecule has 1 aliphatic rings. The standard InChI is InChI=1S/C16H24F3N5.HI/c1-15(2)6-10-24(11-15)14(20-3)23-9-8-22-13-12(16(17,18)19)5-4-7-21-13;/h4-5,7H,6,8-11H2,1-3H3,(H,20,23)(H,21,22);1H. The molecule has 1 aromatic heterocycles. The van der Waals surface area contributed by atoms with Crippen LogP contribution in [0.5, 0.6) is 0 Å².